The lowest BCUT2D eigenvalue weighted by Gasteiger charge is -2.16. The highest BCUT2D eigenvalue weighted by atomic mass is 127. The molecule has 6 heteroatoms. The quantitative estimate of drug-likeness (QED) is 0.103. The van der Waals surface area contributed by atoms with Gasteiger partial charge in [-0.3, -0.25) is 0 Å². The van der Waals surface area contributed by atoms with Gasteiger partial charge in [0.25, 0.3) is 0 Å². The number of halogens is 3. The zero-order chi connectivity index (χ0) is 42.3. The van der Waals surface area contributed by atoms with Gasteiger partial charge in [-0.15, -0.1) is 0 Å². The Kier molecular flexibility index (Phi) is 11.3. The fourth-order valence-electron chi connectivity index (χ4n) is 9.13. The van der Waals surface area contributed by atoms with Gasteiger partial charge in [0.05, 0.1) is 0 Å². The molecule has 0 fully saturated rings. The Hall–Kier alpha value is -5.61. The van der Waals surface area contributed by atoms with E-state index in [-0.39, 0.29) is 0 Å². The van der Waals surface area contributed by atoms with E-state index >= 15 is 0 Å². The fraction of sp³-hybridized carbons (Fsp3) is 0. The van der Waals surface area contributed by atoms with Gasteiger partial charge in [-0.05, 0) is 162 Å². The monoisotopic (exact) mass is 1040 g/mol. The summed E-state index contributed by atoms with van der Waals surface area (Å²) >= 11 is 9.28. The number of fused-ring (bicyclic) bond motifs is 16. The van der Waals surface area contributed by atoms with Crippen molar-refractivity contribution in [3.8, 4) is 11.1 Å². The molecule has 0 aromatic heterocycles. The molecule has 12 aromatic rings. The zero-order valence-electron chi connectivity index (χ0n) is 33.2. The predicted octanol–water partition coefficient (Wildman–Crippen LogP) is 15.8. The van der Waals surface area contributed by atoms with E-state index in [1.165, 1.54) is 73.9 Å². The van der Waals surface area contributed by atoms with Crippen molar-refractivity contribution in [1.82, 2.24) is 0 Å². The van der Waals surface area contributed by atoms with Crippen molar-refractivity contribution in [3.05, 3.63) is 219 Å². The molecule has 12 rings (SSSR count). The van der Waals surface area contributed by atoms with Crippen LogP contribution in [0.3, 0.4) is 0 Å². The van der Waals surface area contributed by atoms with Gasteiger partial charge in [0.2, 0.25) is 0 Å². The summed E-state index contributed by atoms with van der Waals surface area (Å²) in [7, 11) is -1.50. The van der Waals surface area contributed by atoms with Crippen LogP contribution in [0.25, 0.3) is 97.3 Å². The first-order valence-corrected chi connectivity index (χ1v) is 23.0. The van der Waals surface area contributed by atoms with Crippen molar-refractivity contribution in [2.45, 2.75) is 0 Å². The van der Waals surface area contributed by atoms with Crippen LogP contribution in [0.1, 0.15) is 0 Å². The van der Waals surface area contributed by atoms with Gasteiger partial charge in [-0.1, -0.05) is 202 Å². The molecule has 0 amide bonds. The third kappa shape index (κ3) is 7.44. The first-order chi connectivity index (χ1) is 30.4. The van der Waals surface area contributed by atoms with E-state index in [4.69, 9.17) is 0 Å². The minimum atomic E-state index is -1.50. The van der Waals surface area contributed by atoms with Crippen LogP contribution in [0.4, 0.5) is 0 Å². The van der Waals surface area contributed by atoms with E-state index in [1.54, 1.807) is 0 Å². The summed E-state index contributed by atoms with van der Waals surface area (Å²) in [6, 6.07) is 72.1. The standard InChI is InChI=1S/C28H17Br.C22H15BO2.C6H4BrI/c29-19-9-7-8-18(16-19)26-17-27-22-12-2-1-10-20(22)21-11-3-5-14-24(21)28(27)25-15-6-4-13-23(25)26;24-23(25)21-13-20-16-9-2-1-7-14(16)15-8-3-5-11-18(15)22(20)19-12-6-4-10-17(19)21;7-5-2-1-3-6(8)4-5/h1-17H;1-13,24-25H;1-4H. The Morgan fingerprint density at radius 1 is 0.323 bits per heavy atom. The molecular weight excluding hydrogens is 1000 g/mol. The average Bonchev–Trinajstić information content (AvgIpc) is 3.31. The molecule has 0 aliphatic carbocycles. The predicted molar refractivity (Wildman–Crippen MR) is 283 cm³/mol. The van der Waals surface area contributed by atoms with Crippen molar-refractivity contribution < 1.29 is 10.0 Å². The highest BCUT2D eigenvalue weighted by Crippen LogP contribution is 2.43. The van der Waals surface area contributed by atoms with Gasteiger partial charge in [0.15, 0.2) is 0 Å². The van der Waals surface area contributed by atoms with Crippen LogP contribution in [-0.2, 0) is 0 Å². The smallest absolute Gasteiger partial charge is 0.423 e. The molecule has 2 N–H and O–H groups in total. The van der Waals surface area contributed by atoms with Crippen LogP contribution in [0.2, 0.25) is 0 Å². The highest BCUT2D eigenvalue weighted by molar-refractivity contribution is 14.1. The third-order valence-electron chi connectivity index (χ3n) is 11.7. The second-order valence-corrected chi connectivity index (χ2v) is 18.4. The Labute approximate surface area is 390 Å². The fourth-order valence-corrected chi connectivity index (χ4v) is 10.9. The summed E-state index contributed by atoms with van der Waals surface area (Å²) in [6.07, 6.45) is 0. The van der Waals surface area contributed by atoms with Crippen molar-refractivity contribution in [1.29, 1.82) is 0 Å². The number of hydrogen-bond acceptors (Lipinski definition) is 2. The second kappa shape index (κ2) is 17.3. The van der Waals surface area contributed by atoms with Crippen LogP contribution in [0, 0.1) is 3.57 Å². The minimum absolute atomic E-state index is 0.545. The summed E-state index contributed by atoms with van der Waals surface area (Å²) in [5, 5.41) is 39.2. The van der Waals surface area contributed by atoms with E-state index in [1.807, 2.05) is 48.5 Å². The summed E-state index contributed by atoms with van der Waals surface area (Å²) in [4.78, 5) is 0. The molecule has 62 heavy (non-hydrogen) atoms. The molecule has 0 atom stereocenters. The average molecular weight is 1040 g/mol. The molecule has 296 valence electrons. The van der Waals surface area contributed by atoms with E-state index < -0.39 is 7.12 Å². The molecule has 0 spiro atoms. The first-order valence-electron chi connectivity index (χ1n) is 20.4. The minimum Gasteiger partial charge on any atom is -0.423 e. The number of benzene rings is 12. The Morgan fingerprint density at radius 3 is 1.11 bits per heavy atom. The van der Waals surface area contributed by atoms with Gasteiger partial charge in [0, 0.05) is 12.5 Å². The van der Waals surface area contributed by atoms with Crippen LogP contribution >= 0.6 is 54.5 Å². The molecule has 0 bridgehead atoms. The van der Waals surface area contributed by atoms with Gasteiger partial charge < -0.3 is 10.0 Å². The van der Waals surface area contributed by atoms with Gasteiger partial charge in [-0.25, -0.2) is 0 Å². The summed E-state index contributed by atoms with van der Waals surface area (Å²) in [6.45, 7) is 0. The summed E-state index contributed by atoms with van der Waals surface area (Å²) in [5.41, 5.74) is 3.05. The molecule has 0 aliphatic heterocycles. The maximum atomic E-state index is 9.92. The molecule has 0 saturated carbocycles. The zero-order valence-corrected chi connectivity index (χ0v) is 38.6. The molecule has 0 saturated heterocycles. The lowest BCUT2D eigenvalue weighted by molar-refractivity contribution is 0.426. The molecule has 0 aliphatic rings. The van der Waals surface area contributed by atoms with Crippen molar-refractivity contribution in [3.63, 3.8) is 0 Å². The van der Waals surface area contributed by atoms with Crippen LogP contribution in [0.5, 0.6) is 0 Å². The molecule has 0 radical (unpaired) electrons. The van der Waals surface area contributed by atoms with E-state index in [0.717, 1.165) is 35.9 Å². The van der Waals surface area contributed by atoms with Gasteiger partial charge in [-0.2, -0.15) is 0 Å². The first kappa shape index (κ1) is 40.5. The second-order valence-electron chi connectivity index (χ2n) is 15.3. The topological polar surface area (TPSA) is 40.5 Å². The summed E-state index contributed by atoms with van der Waals surface area (Å²) in [5.74, 6) is 0. The van der Waals surface area contributed by atoms with Crippen LogP contribution in [0.15, 0.2) is 215 Å². The van der Waals surface area contributed by atoms with Gasteiger partial charge in [0.1, 0.15) is 0 Å². The maximum Gasteiger partial charge on any atom is 0.489 e. The summed E-state index contributed by atoms with van der Waals surface area (Å²) < 4.78 is 3.50. The van der Waals surface area contributed by atoms with Crippen LogP contribution in [-0.4, -0.2) is 17.2 Å². The van der Waals surface area contributed by atoms with E-state index in [2.05, 4.69) is 212 Å². The molecular formula is C56H36BBr2IO2. The van der Waals surface area contributed by atoms with E-state index in [9.17, 15) is 10.0 Å². The van der Waals surface area contributed by atoms with Crippen molar-refractivity contribution >= 4 is 153 Å². The molecule has 0 unspecified atom stereocenters. The Balaban J connectivity index is 0.000000127. The number of rotatable bonds is 2. The largest absolute Gasteiger partial charge is 0.489 e. The van der Waals surface area contributed by atoms with Gasteiger partial charge >= 0.3 is 7.12 Å². The SMILES string of the molecule is Brc1cccc(-c2cc3c4ccccc4c4ccccc4c3c3ccccc23)c1.Brc1cccc(I)c1.OB(O)c1cc2c3ccccc3c3ccccc3c2c2ccccc12. The highest BCUT2D eigenvalue weighted by Gasteiger charge is 2.20. The Bertz CT molecular complexity index is 3660. The lowest BCUT2D eigenvalue weighted by Crippen LogP contribution is -2.30. The maximum absolute atomic E-state index is 9.92. The van der Waals surface area contributed by atoms with Crippen molar-refractivity contribution in [2.24, 2.45) is 0 Å². The third-order valence-corrected chi connectivity index (χ3v) is 13.4. The lowest BCUT2D eigenvalue weighted by atomic mass is 9.75. The van der Waals surface area contributed by atoms with E-state index in [0.29, 0.717) is 5.46 Å². The molecule has 2 nitrogen and oxygen atoms in total. The van der Waals surface area contributed by atoms with Crippen LogP contribution < -0.4 is 5.46 Å². The number of hydrogen-bond donors (Lipinski definition) is 2. The molecule has 0 heterocycles. The Morgan fingerprint density at radius 2 is 0.677 bits per heavy atom. The normalized spacial score (nSPS) is 11.3. The van der Waals surface area contributed by atoms with Crippen molar-refractivity contribution in [2.75, 3.05) is 0 Å². The molecule has 12 aromatic carbocycles.